The first-order valence-corrected chi connectivity index (χ1v) is 6.27. The molecule has 0 unspecified atom stereocenters. The van der Waals surface area contributed by atoms with Crippen LogP contribution >= 0.6 is 23.2 Å². The number of hydrogen-bond acceptors (Lipinski definition) is 2. The number of nitrogens with zero attached hydrogens (tertiary/aromatic N) is 2. The van der Waals surface area contributed by atoms with Crippen LogP contribution in [0.1, 0.15) is 20.3 Å². The molecular weight excluding hydrogens is 261 g/mol. The number of carbonyl (C=O) groups excluding carboxylic acids is 1. The number of nitrogens with one attached hydrogen (secondary N) is 1. The number of alkyl halides is 2. The zero-order valence-corrected chi connectivity index (χ0v) is 11.3. The van der Waals surface area contributed by atoms with E-state index in [0.29, 0.717) is 13.0 Å². The summed E-state index contributed by atoms with van der Waals surface area (Å²) in [7, 11) is 0. The molecule has 4 nitrogen and oxygen atoms in total. The molecule has 0 spiro atoms. The maximum Gasteiger partial charge on any atom is 0.229 e. The topological polar surface area (TPSA) is 46.9 Å². The van der Waals surface area contributed by atoms with E-state index in [0.717, 1.165) is 0 Å². The van der Waals surface area contributed by atoms with Gasteiger partial charge in [-0.3, -0.25) is 9.48 Å². The van der Waals surface area contributed by atoms with Crippen LogP contribution in [-0.4, -0.2) is 26.1 Å². The number of halogens is 2. The van der Waals surface area contributed by atoms with Gasteiger partial charge >= 0.3 is 0 Å². The number of amides is 1. The van der Waals surface area contributed by atoms with Crippen LogP contribution in [0.5, 0.6) is 0 Å². The number of rotatable bonds is 4. The lowest BCUT2D eigenvalue weighted by atomic mass is 10.1. The van der Waals surface area contributed by atoms with E-state index in [-0.39, 0.29) is 11.9 Å². The highest BCUT2D eigenvalue weighted by Gasteiger charge is 2.67. The minimum atomic E-state index is -0.914. The first kappa shape index (κ1) is 12.7. The Morgan fingerprint density at radius 3 is 2.76 bits per heavy atom. The molecule has 1 aliphatic carbocycles. The van der Waals surface area contributed by atoms with E-state index in [4.69, 9.17) is 23.2 Å². The van der Waals surface area contributed by atoms with Gasteiger partial charge in [-0.25, -0.2) is 0 Å². The Kier molecular flexibility index (Phi) is 3.12. The second-order valence-corrected chi connectivity index (χ2v) is 6.30. The zero-order valence-electron chi connectivity index (χ0n) is 9.78. The van der Waals surface area contributed by atoms with Crippen LogP contribution in [0.4, 0.5) is 0 Å². The van der Waals surface area contributed by atoms with E-state index in [1.807, 2.05) is 19.2 Å². The highest BCUT2D eigenvalue weighted by atomic mass is 35.5. The first-order chi connectivity index (χ1) is 7.85. The minimum absolute atomic E-state index is 0.0102. The molecule has 1 aromatic heterocycles. The lowest BCUT2D eigenvalue weighted by Crippen LogP contribution is -2.41. The second kappa shape index (κ2) is 4.18. The molecule has 0 aromatic carbocycles. The van der Waals surface area contributed by atoms with Crippen molar-refractivity contribution in [3.63, 3.8) is 0 Å². The quantitative estimate of drug-likeness (QED) is 0.855. The van der Waals surface area contributed by atoms with Crippen molar-refractivity contribution in [1.29, 1.82) is 0 Å². The Morgan fingerprint density at radius 2 is 2.29 bits per heavy atom. The van der Waals surface area contributed by atoms with Crippen LogP contribution in [0.25, 0.3) is 0 Å². The first-order valence-electron chi connectivity index (χ1n) is 5.51. The van der Waals surface area contributed by atoms with Crippen LogP contribution in [0.15, 0.2) is 18.5 Å². The van der Waals surface area contributed by atoms with Crippen LogP contribution in [0.2, 0.25) is 0 Å². The van der Waals surface area contributed by atoms with Gasteiger partial charge in [-0.05, 0) is 26.3 Å². The summed E-state index contributed by atoms with van der Waals surface area (Å²) in [6, 6.07) is 1.84. The van der Waals surface area contributed by atoms with E-state index < -0.39 is 9.75 Å². The fourth-order valence-electron chi connectivity index (χ4n) is 1.76. The Hall–Kier alpha value is -0.740. The van der Waals surface area contributed by atoms with Crippen molar-refractivity contribution < 1.29 is 4.79 Å². The third kappa shape index (κ3) is 2.43. The smallest absolute Gasteiger partial charge is 0.229 e. The van der Waals surface area contributed by atoms with Gasteiger partial charge in [0.2, 0.25) is 5.91 Å². The summed E-state index contributed by atoms with van der Waals surface area (Å²) in [4.78, 5) is 12.0. The lowest BCUT2D eigenvalue weighted by Gasteiger charge is -2.18. The molecule has 1 aromatic rings. The fraction of sp³-hybridized carbons (Fsp3) is 0.636. The molecule has 1 fully saturated rings. The maximum atomic E-state index is 12.0. The maximum absolute atomic E-state index is 12.0. The molecular formula is C11H15Cl2N3O. The van der Waals surface area contributed by atoms with Crippen LogP contribution < -0.4 is 5.32 Å². The predicted octanol–water partition coefficient (Wildman–Crippen LogP) is 1.97. The SMILES string of the molecule is C[C@@H](Cn1cccn1)NC(=O)[C@]1(C)CC1(Cl)Cl. The lowest BCUT2D eigenvalue weighted by molar-refractivity contribution is -0.126. The summed E-state index contributed by atoms with van der Waals surface area (Å²) in [5, 5.41) is 6.99. The van der Waals surface area contributed by atoms with Gasteiger partial charge in [-0.2, -0.15) is 5.10 Å². The van der Waals surface area contributed by atoms with Crippen molar-refractivity contribution >= 4 is 29.1 Å². The van der Waals surface area contributed by atoms with Gasteiger partial charge in [0.05, 0.1) is 12.0 Å². The van der Waals surface area contributed by atoms with Gasteiger partial charge in [0, 0.05) is 18.4 Å². The summed E-state index contributed by atoms with van der Waals surface area (Å²) < 4.78 is 0.858. The van der Waals surface area contributed by atoms with Gasteiger partial charge in [0.15, 0.2) is 0 Å². The molecule has 2 rings (SSSR count). The van der Waals surface area contributed by atoms with E-state index in [2.05, 4.69) is 10.4 Å². The third-order valence-electron chi connectivity index (χ3n) is 3.16. The van der Waals surface area contributed by atoms with E-state index in [9.17, 15) is 4.79 Å². The molecule has 1 heterocycles. The zero-order chi connectivity index (χ0) is 12.7. The Bertz CT molecular complexity index is 418. The largest absolute Gasteiger partial charge is 0.351 e. The normalized spacial score (nSPS) is 27.5. The second-order valence-electron chi connectivity index (χ2n) is 4.82. The highest BCUT2D eigenvalue weighted by molar-refractivity contribution is 6.53. The summed E-state index contributed by atoms with van der Waals surface area (Å²) in [5.41, 5.74) is -0.658. The summed E-state index contributed by atoms with van der Waals surface area (Å²) in [5.74, 6) is -0.0952. The Balaban J connectivity index is 1.88. The molecule has 0 saturated heterocycles. The standard InChI is InChI=1S/C11H15Cl2N3O/c1-8(6-16-5-3-4-14-16)15-9(17)10(2)7-11(10,12)13/h3-5,8H,6-7H2,1-2H3,(H,15,17)/t8-,10-/m0/s1. The number of carbonyl (C=O) groups is 1. The van der Waals surface area contributed by atoms with Crippen LogP contribution in [0, 0.1) is 5.41 Å². The third-order valence-corrected chi connectivity index (χ3v) is 4.26. The van der Waals surface area contributed by atoms with Gasteiger partial charge in [0.25, 0.3) is 0 Å². The monoisotopic (exact) mass is 275 g/mol. The molecule has 6 heteroatoms. The van der Waals surface area contributed by atoms with Crippen molar-refractivity contribution in [3.05, 3.63) is 18.5 Å². The summed E-state index contributed by atoms with van der Waals surface area (Å²) >= 11 is 11.9. The molecule has 1 amide bonds. The Labute approximate surface area is 110 Å². The van der Waals surface area contributed by atoms with Crippen molar-refractivity contribution in [2.45, 2.75) is 37.2 Å². The minimum Gasteiger partial charge on any atom is -0.351 e. The van der Waals surface area contributed by atoms with E-state index >= 15 is 0 Å². The summed E-state index contributed by atoms with van der Waals surface area (Å²) in [6.07, 6.45) is 4.07. The fourth-order valence-corrected chi connectivity index (χ4v) is 2.47. The average molecular weight is 276 g/mol. The van der Waals surface area contributed by atoms with Crippen LogP contribution in [0.3, 0.4) is 0 Å². The Morgan fingerprint density at radius 1 is 1.65 bits per heavy atom. The molecule has 0 bridgehead atoms. The van der Waals surface area contributed by atoms with Crippen molar-refractivity contribution in [2.75, 3.05) is 0 Å². The molecule has 1 saturated carbocycles. The van der Waals surface area contributed by atoms with Crippen molar-refractivity contribution in [2.24, 2.45) is 5.41 Å². The van der Waals surface area contributed by atoms with Crippen molar-refractivity contribution in [3.8, 4) is 0 Å². The molecule has 1 aliphatic rings. The highest BCUT2D eigenvalue weighted by Crippen LogP contribution is 2.63. The van der Waals surface area contributed by atoms with Gasteiger partial charge < -0.3 is 5.32 Å². The molecule has 0 radical (unpaired) electrons. The van der Waals surface area contributed by atoms with Gasteiger partial charge in [-0.1, -0.05) is 0 Å². The molecule has 94 valence electrons. The molecule has 17 heavy (non-hydrogen) atoms. The van der Waals surface area contributed by atoms with Gasteiger partial charge in [0.1, 0.15) is 4.33 Å². The predicted molar refractivity (Wildman–Crippen MR) is 67.0 cm³/mol. The van der Waals surface area contributed by atoms with Crippen molar-refractivity contribution in [1.82, 2.24) is 15.1 Å². The van der Waals surface area contributed by atoms with E-state index in [1.54, 1.807) is 17.8 Å². The number of aromatic nitrogens is 2. The summed E-state index contributed by atoms with van der Waals surface area (Å²) in [6.45, 7) is 4.34. The van der Waals surface area contributed by atoms with E-state index in [1.165, 1.54) is 0 Å². The number of hydrogen-bond donors (Lipinski definition) is 1. The molecule has 0 aliphatic heterocycles. The average Bonchev–Trinajstić information content (AvgIpc) is 2.64. The van der Waals surface area contributed by atoms with Gasteiger partial charge in [-0.15, -0.1) is 23.2 Å². The molecule has 2 atom stereocenters. The van der Waals surface area contributed by atoms with Crippen LogP contribution in [-0.2, 0) is 11.3 Å². The molecule has 1 N–H and O–H groups in total.